The number of aromatic hydroxyl groups is 1. The van der Waals surface area contributed by atoms with Crippen LogP contribution in [0.2, 0.25) is 0 Å². The minimum absolute atomic E-state index is 0.164. The Bertz CT molecular complexity index is 1180. The molecule has 33 heavy (non-hydrogen) atoms. The fourth-order valence-electron chi connectivity index (χ4n) is 4.91. The van der Waals surface area contributed by atoms with Crippen LogP contribution in [-0.4, -0.2) is 28.2 Å². The Balaban J connectivity index is 1.39. The van der Waals surface area contributed by atoms with Crippen molar-refractivity contribution in [3.63, 3.8) is 0 Å². The standard InChI is InChI=1S/C28H32N2O3/c1-33-27-15-22(10-12-26(27)31)17-29-14-13-25-24(19-29)16-23(11-9-20-5-3-2-4-6-20)28(32)30(25)18-21-7-8-21/h2-6,10,12,15-16,21,31H,7-9,11,13-14,17-19H2,1H3. The monoisotopic (exact) mass is 444 g/mol. The van der Waals surface area contributed by atoms with Gasteiger partial charge in [0, 0.05) is 43.9 Å². The molecule has 1 aliphatic carbocycles. The number of aryl methyl sites for hydroxylation is 2. The van der Waals surface area contributed by atoms with Gasteiger partial charge in [-0.3, -0.25) is 9.69 Å². The van der Waals surface area contributed by atoms with Gasteiger partial charge in [-0.2, -0.15) is 0 Å². The Morgan fingerprint density at radius 2 is 1.85 bits per heavy atom. The largest absolute Gasteiger partial charge is 0.504 e. The lowest BCUT2D eigenvalue weighted by atomic mass is 9.98. The Morgan fingerprint density at radius 1 is 1.03 bits per heavy atom. The average Bonchev–Trinajstić information content (AvgIpc) is 3.66. The van der Waals surface area contributed by atoms with Crippen LogP contribution >= 0.6 is 0 Å². The summed E-state index contributed by atoms with van der Waals surface area (Å²) in [6, 6.07) is 18.1. The zero-order valence-electron chi connectivity index (χ0n) is 19.3. The van der Waals surface area contributed by atoms with E-state index in [0.29, 0.717) is 11.7 Å². The van der Waals surface area contributed by atoms with Crippen LogP contribution in [0.25, 0.3) is 0 Å². The van der Waals surface area contributed by atoms with E-state index in [-0.39, 0.29) is 11.3 Å². The van der Waals surface area contributed by atoms with Gasteiger partial charge in [-0.15, -0.1) is 0 Å². The van der Waals surface area contributed by atoms with Gasteiger partial charge in [0.05, 0.1) is 7.11 Å². The van der Waals surface area contributed by atoms with Crippen LogP contribution in [-0.2, 0) is 38.9 Å². The number of methoxy groups -OCH3 is 1. The molecule has 1 fully saturated rings. The van der Waals surface area contributed by atoms with E-state index in [0.717, 1.165) is 56.6 Å². The predicted octanol–water partition coefficient (Wildman–Crippen LogP) is 4.32. The molecule has 5 rings (SSSR count). The van der Waals surface area contributed by atoms with Gasteiger partial charge in [-0.05, 0) is 66.5 Å². The highest BCUT2D eigenvalue weighted by Crippen LogP contribution is 2.32. The number of benzene rings is 2. The van der Waals surface area contributed by atoms with Gasteiger partial charge in [0.25, 0.3) is 5.56 Å². The molecule has 1 aliphatic heterocycles. The summed E-state index contributed by atoms with van der Waals surface area (Å²) in [7, 11) is 1.58. The third kappa shape index (κ3) is 4.98. The normalized spacial score (nSPS) is 15.9. The lowest BCUT2D eigenvalue weighted by Gasteiger charge is -2.31. The summed E-state index contributed by atoms with van der Waals surface area (Å²) in [5, 5.41) is 9.90. The summed E-state index contributed by atoms with van der Waals surface area (Å²) in [5.74, 6) is 1.34. The van der Waals surface area contributed by atoms with Crippen molar-refractivity contribution >= 4 is 0 Å². The zero-order chi connectivity index (χ0) is 22.8. The van der Waals surface area contributed by atoms with Crippen LogP contribution in [0, 0.1) is 5.92 Å². The average molecular weight is 445 g/mol. The van der Waals surface area contributed by atoms with Crippen LogP contribution in [0.3, 0.4) is 0 Å². The van der Waals surface area contributed by atoms with Gasteiger partial charge in [0.2, 0.25) is 0 Å². The number of pyridine rings is 1. The topological polar surface area (TPSA) is 54.7 Å². The zero-order valence-corrected chi connectivity index (χ0v) is 19.3. The van der Waals surface area contributed by atoms with E-state index in [1.54, 1.807) is 13.2 Å². The molecular formula is C28H32N2O3. The molecule has 0 saturated heterocycles. The molecule has 172 valence electrons. The number of nitrogens with zero attached hydrogens (tertiary/aromatic N) is 2. The van der Waals surface area contributed by atoms with Gasteiger partial charge < -0.3 is 14.4 Å². The molecule has 1 saturated carbocycles. The minimum Gasteiger partial charge on any atom is -0.504 e. The van der Waals surface area contributed by atoms with E-state index in [4.69, 9.17) is 4.74 Å². The van der Waals surface area contributed by atoms with Crippen molar-refractivity contribution < 1.29 is 9.84 Å². The van der Waals surface area contributed by atoms with E-state index >= 15 is 0 Å². The second-order valence-corrected chi connectivity index (χ2v) is 9.45. The van der Waals surface area contributed by atoms with Gasteiger partial charge >= 0.3 is 0 Å². The summed E-state index contributed by atoms with van der Waals surface area (Å²) >= 11 is 0. The molecule has 2 aliphatic rings. The number of hydrogen-bond donors (Lipinski definition) is 1. The predicted molar refractivity (Wildman–Crippen MR) is 130 cm³/mol. The maximum Gasteiger partial charge on any atom is 0.253 e. The summed E-state index contributed by atoms with van der Waals surface area (Å²) in [6.07, 6.45) is 5.03. The summed E-state index contributed by atoms with van der Waals surface area (Å²) in [4.78, 5) is 15.8. The molecule has 0 unspecified atom stereocenters. The second-order valence-electron chi connectivity index (χ2n) is 9.45. The molecule has 1 aromatic heterocycles. The van der Waals surface area contributed by atoms with Crippen molar-refractivity contribution in [2.45, 2.75) is 51.7 Å². The van der Waals surface area contributed by atoms with Crippen LogP contribution in [0.1, 0.15) is 40.8 Å². The molecule has 3 aromatic rings. The van der Waals surface area contributed by atoms with Crippen LogP contribution in [0.5, 0.6) is 11.5 Å². The van der Waals surface area contributed by atoms with Gasteiger partial charge in [0.1, 0.15) is 0 Å². The molecule has 2 heterocycles. The number of phenolic OH excluding ortho intramolecular Hbond substituents is 1. The van der Waals surface area contributed by atoms with E-state index in [2.05, 4.69) is 39.8 Å². The molecule has 1 N–H and O–H groups in total. The number of ether oxygens (including phenoxy) is 1. The Labute approximate surface area is 195 Å². The van der Waals surface area contributed by atoms with E-state index < -0.39 is 0 Å². The van der Waals surface area contributed by atoms with Crippen molar-refractivity contribution in [2.24, 2.45) is 5.92 Å². The van der Waals surface area contributed by atoms with E-state index in [9.17, 15) is 9.90 Å². The summed E-state index contributed by atoms with van der Waals surface area (Å²) in [5.41, 5.74) is 6.06. The fraction of sp³-hybridized carbons (Fsp3) is 0.393. The SMILES string of the molecule is COc1cc(CN2CCc3c(cc(CCc4ccccc4)c(=O)n3CC3CC3)C2)ccc1O. The number of phenols is 1. The van der Waals surface area contributed by atoms with Gasteiger partial charge in [-0.25, -0.2) is 0 Å². The van der Waals surface area contributed by atoms with E-state index in [1.807, 2.05) is 18.2 Å². The molecule has 0 radical (unpaired) electrons. The first kappa shape index (κ1) is 21.8. The fourth-order valence-corrected chi connectivity index (χ4v) is 4.91. The number of aromatic nitrogens is 1. The first-order chi connectivity index (χ1) is 16.1. The molecule has 2 aromatic carbocycles. The highest BCUT2D eigenvalue weighted by atomic mass is 16.5. The lowest BCUT2D eigenvalue weighted by molar-refractivity contribution is 0.238. The van der Waals surface area contributed by atoms with Crippen molar-refractivity contribution in [2.75, 3.05) is 13.7 Å². The van der Waals surface area contributed by atoms with Gasteiger partial charge in [-0.1, -0.05) is 36.4 Å². The lowest BCUT2D eigenvalue weighted by Crippen LogP contribution is -2.37. The number of rotatable bonds is 8. The first-order valence-corrected chi connectivity index (χ1v) is 12.0. The molecule has 5 nitrogen and oxygen atoms in total. The molecule has 0 amide bonds. The molecule has 0 atom stereocenters. The van der Waals surface area contributed by atoms with Crippen molar-refractivity contribution in [3.8, 4) is 11.5 Å². The Kier molecular flexibility index (Phi) is 6.23. The molecule has 0 bridgehead atoms. The quantitative estimate of drug-likeness (QED) is 0.562. The van der Waals surface area contributed by atoms with Crippen LogP contribution in [0.4, 0.5) is 0 Å². The number of hydrogen-bond acceptors (Lipinski definition) is 4. The minimum atomic E-state index is 0.164. The van der Waals surface area contributed by atoms with Crippen molar-refractivity contribution in [1.82, 2.24) is 9.47 Å². The molecule has 5 heteroatoms. The maximum atomic E-state index is 13.4. The summed E-state index contributed by atoms with van der Waals surface area (Å²) < 4.78 is 7.38. The smallest absolute Gasteiger partial charge is 0.253 e. The van der Waals surface area contributed by atoms with Crippen molar-refractivity contribution in [3.05, 3.63) is 92.9 Å². The first-order valence-electron chi connectivity index (χ1n) is 12.0. The Hall–Kier alpha value is -3.05. The Morgan fingerprint density at radius 3 is 2.61 bits per heavy atom. The third-order valence-corrected chi connectivity index (χ3v) is 6.94. The van der Waals surface area contributed by atoms with E-state index in [1.165, 1.54) is 29.7 Å². The van der Waals surface area contributed by atoms with Crippen molar-refractivity contribution in [1.29, 1.82) is 0 Å². The second kappa shape index (κ2) is 9.44. The molecule has 0 spiro atoms. The summed E-state index contributed by atoms with van der Waals surface area (Å²) in [6.45, 7) is 3.41. The van der Waals surface area contributed by atoms with Crippen LogP contribution < -0.4 is 10.3 Å². The van der Waals surface area contributed by atoms with Crippen LogP contribution in [0.15, 0.2) is 59.4 Å². The maximum absolute atomic E-state index is 13.4. The molecular weight excluding hydrogens is 412 g/mol. The highest BCUT2D eigenvalue weighted by Gasteiger charge is 2.27. The highest BCUT2D eigenvalue weighted by molar-refractivity contribution is 5.42. The third-order valence-electron chi connectivity index (χ3n) is 6.94. The number of fused-ring (bicyclic) bond motifs is 1. The van der Waals surface area contributed by atoms with Gasteiger partial charge in [0.15, 0.2) is 11.5 Å².